The van der Waals surface area contributed by atoms with E-state index in [4.69, 9.17) is 9.47 Å². The fourth-order valence-corrected chi connectivity index (χ4v) is 2.46. The lowest BCUT2D eigenvalue weighted by atomic mass is 9.87. The van der Waals surface area contributed by atoms with E-state index < -0.39 is 17.9 Å². The molecule has 0 saturated heterocycles. The summed E-state index contributed by atoms with van der Waals surface area (Å²) in [6.07, 6.45) is 8.90. The van der Waals surface area contributed by atoms with Gasteiger partial charge in [-0.05, 0) is 18.3 Å². The van der Waals surface area contributed by atoms with E-state index in [9.17, 15) is 9.59 Å². The lowest BCUT2D eigenvalue weighted by molar-refractivity contribution is -0.161. The molecule has 0 radical (unpaired) electrons. The maximum absolute atomic E-state index is 11.7. The molecule has 1 fully saturated rings. The molecule has 2 rings (SSSR count). The number of hydrogen-bond acceptors (Lipinski definition) is 4. The second kappa shape index (κ2) is 4.73. The largest absolute Gasteiger partial charge is 0.468 e. The molecule has 3 atom stereocenters. The van der Waals surface area contributed by atoms with Gasteiger partial charge in [0, 0.05) is 5.92 Å². The van der Waals surface area contributed by atoms with Gasteiger partial charge in [0.1, 0.15) is 0 Å². The third-order valence-corrected chi connectivity index (χ3v) is 3.48. The van der Waals surface area contributed by atoms with Crippen LogP contribution in [0.25, 0.3) is 0 Å². The highest BCUT2D eigenvalue weighted by atomic mass is 16.5. The van der Waals surface area contributed by atoms with Crippen molar-refractivity contribution in [2.24, 2.45) is 23.7 Å². The molecular weight excluding hydrogens is 220 g/mol. The summed E-state index contributed by atoms with van der Waals surface area (Å²) in [6, 6.07) is 0. The van der Waals surface area contributed by atoms with Gasteiger partial charge in [-0.15, -0.1) is 0 Å². The van der Waals surface area contributed by atoms with Crippen molar-refractivity contribution in [2.75, 3.05) is 14.2 Å². The predicted molar refractivity (Wildman–Crippen MR) is 60.9 cm³/mol. The van der Waals surface area contributed by atoms with E-state index in [-0.39, 0.29) is 5.92 Å². The summed E-state index contributed by atoms with van der Waals surface area (Å²) in [5, 5.41) is 0. The summed E-state index contributed by atoms with van der Waals surface area (Å²) in [4.78, 5) is 23.4. The van der Waals surface area contributed by atoms with Crippen molar-refractivity contribution in [3.8, 4) is 0 Å². The van der Waals surface area contributed by atoms with Gasteiger partial charge in [0.15, 0.2) is 5.92 Å². The van der Waals surface area contributed by atoms with Crippen molar-refractivity contribution in [1.29, 1.82) is 0 Å². The molecule has 92 valence electrons. The monoisotopic (exact) mass is 236 g/mol. The Bertz CT molecular complexity index is 367. The van der Waals surface area contributed by atoms with Crippen LogP contribution in [0.2, 0.25) is 0 Å². The predicted octanol–water partition coefficient (Wildman–Crippen LogP) is 1.33. The van der Waals surface area contributed by atoms with E-state index >= 15 is 0 Å². The van der Waals surface area contributed by atoms with Crippen molar-refractivity contribution in [3.63, 3.8) is 0 Å². The molecule has 0 N–H and O–H groups in total. The van der Waals surface area contributed by atoms with E-state index in [1.807, 2.05) is 18.2 Å². The number of methoxy groups -OCH3 is 2. The second-order valence-electron chi connectivity index (χ2n) is 4.43. The normalized spacial score (nSPS) is 29.5. The van der Waals surface area contributed by atoms with Gasteiger partial charge >= 0.3 is 11.9 Å². The molecule has 0 heterocycles. The van der Waals surface area contributed by atoms with Crippen LogP contribution in [0.1, 0.15) is 6.42 Å². The number of carbonyl (C=O) groups excluding carboxylic acids is 2. The summed E-state index contributed by atoms with van der Waals surface area (Å²) in [6.45, 7) is 0. The van der Waals surface area contributed by atoms with Crippen LogP contribution in [0.5, 0.6) is 0 Å². The molecule has 4 nitrogen and oxygen atoms in total. The molecule has 0 aromatic rings. The molecular formula is C13H16O4. The lowest BCUT2D eigenvalue weighted by Gasteiger charge is -2.20. The number of fused-ring (bicyclic) bond motifs is 1. The number of hydrogen-bond donors (Lipinski definition) is 0. The van der Waals surface area contributed by atoms with Crippen LogP contribution in [0.4, 0.5) is 0 Å². The minimum Gasteiger partial charge on any atom is -0.468 e. The van der Waals surface area contributed by atoms with Crippen molar-refractivity contribution in [1.82, 2.24) is 0 Å². The Kier molecular flexibility index (Phi) is 3.31. The minimum absolute atomic E-state index is 0.116. The van der Waals surface area contributed by atoms with Crippen molar-refractivity contribution >= 4 is 11.9 Å². The Balaban J connectivity index is 2.21. The third kappa shape index (κ3) is 2.25. The first-order chi connectivity index (χ1) is 8.19. The maximum Gasteiger partial charge on any atom is 0.320 e. The Morgan fingerprint density at radius 3 is 2.29 bits per heavy atom. The number of carbonyl (C=O) groups is 2. The van der Waals surface area contributed by atoms with Gasteiger partial charge in [0.05, 0.1) is 14.2 Å². The molecule has 0 bridgehead atoms. The molecule has 0 aromatic carbocycles. The van der Waals surface area contributed by atoms with Crippen molar-refractivity contribution in [3.05, 3.63) is 24.3 Å². The SMILES string of the molecule is COC(=O)C(C(=O)OC)[C@@H]1C=CC=C[C@@H]2C[C@@H]21. The maximum atomic E-state index is 11.7. The Morgan fingerprint density at radius 1 is 1.12 bits per heavy atom. The van der Waals surface area contributed by atoms with E-state index in [1.165, 1.54) is 14.2 Å². The van der Waals surface area contributed by atoms with Gasteiger partial charge in [-0.3, -0.25) is 9.59 Å². The first kappa shape index (κ1) is 11.9. The zero-order chi connectivity index (χ0) is 12.4. The zero-order valence-corrected chi connectivity index (χ0v) is 9.96. The smallest absolute Gasteiger partial charge is 0.320 e. The number of rotatable bonds is 3. The number of ether oxygens (including phenoxy) is 2. The lowest BCUT2D eigenvalue weighted by Crippen LogP contribution is -2.33. The summed E-state index contributed by atoms with van der Waals surface area (Å²) in [5.74, 6) is -1.15. The van der Waals surface area contributed by atoms with Gasteiger partial charge in [0.2, 0.25) is 0 Å². The zero-order valence-electron chi connectivity index (χ0n) is 9.96. The third-order valence-electron chi connectivity index (χ3n) is 3.48. The fourth-order valence-electron chi connectivity index (χ4n) is 2.46. The van der Waals surface area contributed by atoms with Crippen LogP contribution in [-0.4, -0.2) is 26.2 Å². The first-order valence-electron chi connectivity index (χ1n) is 5.69. The van der Waals surface area contributed by atoms with Crippen LogP contribution in [0.15, 0.2) is 24.3 Å². The summed E-state index contributed by atoms with van der Waals surface area (Å²) < 4.78 is 9.40. The van der Waals surface area contributed by atoms with Crippen molar-refractivity contribution in [2.45, 2.75) is 6.42 Å². The van der Waals surface area contributed by atoms with E-state index in [2.05, 4.69) is 6.08 Å². The van der Waals surface area contributed by atoms with E-state index in [0.29, 0.717) is 11.8 Å². The van der Waals surface area contributed by atoms with Crippen LogP contribution >= 0.6 is 0 Å². The minimum atomic E-state index is -0.837. The quantitative estimate of drug-likeness (QED) is 0.548. The van der Waals surface area contributed by atoms with E-state index in [1.54, 1.807) is 0 Å². The topological polar surface area (TPSA) is 52.6 Å². The second-order valence-corrected chi connectivity index (χ2v) is 4.43. The molecule has 17 heavy (non-hydrogen) atoms. The molecule has 4 heteroatoms. The highest BCUT2D eigenvalue weighted by Crippen LogP contribution is 2.49. The highest BCUT2D eigenvalue weighted by molar-refractivity contribution is 5.95. The molecule has 0 spiro atoms. The fraction of sp³-hybridized carbons (Fsp3) is 0.538. The van der Waals surface area contributed by atoms with Crippen molar-refractivity contribution < 1.29 is 19.1 Å². The Morgan fingerprint density at radius 2 is 1.71 bits per heavy atom. The molecule has 1 saturated carbocycles. The molecule has 0 aliphatic heterocycles. The van der Waals surface area contributed by atoms with Gasteiger partial charge in [-0.2, -0.15) is 0 Å². The first-order valence-corrected chi connectivity index (χ1v) is 5.69. The number of esters is 2. The molecule has 0 aromatic heterocycles. The average molecular weight is 236 g/mol. The van der Waals surface area contributed by atoms with Gasteiger partial charge in [0.25, 0.3) is 0 Å². The van der Waals surface area contributed by atoms with Crippen LogP contribution < -0.4 is 0 Å². The van der Waals surface area contributed by atoms with Crippen LogP contribution in [-0.2, 0) is 19.1 Å². The molecule has 0 unspecified atom stereocenters. The molecule has 2 aliphatic rings. The Hall–Kier alpha value is -1.58. The highest BCUT2D eigenvalue weighted by Gasteiger charge is 2.49. The standard InChI is InChI=1S/C13H16O4/c1-16-12(14)11(13(15)17-2)9-6-4-3-5-8-7-10(8)9/h3-6,8-11H,7H2,1-2H3/t8-,9-,10+/m1/s1. The number of allylic oxidation sites excluding steroid dienone is 4. The van der Waals surface area contributed by atoms with Gasteiger partial charge in [-0.25, -0.2) is 0 Å². The van der Waals surface area contributed by atoms with Gasteiger partial charge < -0.3 is 9.47 Å². The van der Waals surface area contributed by atoms with Crippen LogP contribution in [0, 0.1) is 23.7 Å². The average Bonchev–Trinajstić information content (AvgIpc) is 3.10. The molecule has 0 amide bonds. The Labute approximate surface area is 100 Å². The summed E-state index contributed by atoms with van der Waals surface area (Å²) in [5.41, 5.74) is 0. The summed E-state index contributed by atoms with van der Waals surface area (Å²) >= 11 is 0. The molecule has 2 aliphatic carbocycles. The van der Waals surface area contributed by atoms with E-state index in [0.717, 1.165) is 6.42 Å². The summed E-state index contributed by atoms with van der Waals surface area (Å²) in [7, 11) is 2.59. The van der Waals surface area contributed by atoms with Crippen LogP contribution in [0.3, 0.4) is 0 Å². The van der Waals surface area contributed by atoms with Gasteiger partial charge in [-0.1, -0.05) is 24.3 Å².